The molecule has 3 aromatic rings. The van der Waals surface area contributed by atoms with Crippen molar-refractivity contribution in [2.45, 2.75) is 13.8 Å². The molecule has 0 amide bonds. The number of rotatable bonds is 3. The van der Waals surface area contributed by atoms with E-state index in [1.54, 1.807) is 6.21 Å². The van der Waals surface area contributed by atoms with Gasteiger partial charge < -0.3 is 14.0 Å². The summed E-state index contributed by atoms with van der Waals surface area (Å²) in [5.74, 6) is 1.54. The maximum atomic E-state index is 5.47. The third-order valence-electron chi connectivity index (χ3n) is 3.94. The molecule has 1 aliphatic rings. The van der Waals surface area contributed by atoms with Gasteiger partial charge >= 0.3 is 0 Å². The van der Waals surface area contributed by atoms with Gasteiger partial charge in [-0.3, -0.25) is 5.10 Å². The van der Waals surface area contributed by atoms with E-state index >= 15 is 0 Å². The van der Waals surface area contributed by atoms with E-state index in [1.165, 1.54) is 11.0 Å². The Morgan fingerprint density at radius 2 is 2.08 bits per heavy atom. The van der Waals surface area contributed by atoms with E-state index in [0.29, 0.717) is 4.77 Å². The zero-order valence-electron chi connectivity index (χ0n) is 13.2. The molecule has 0 atom stereocenters. The molecule has 7 nitrogen and oxygen atoms in total. The molecule has 0 spiro atoms. The highest BCUT2D eigenvalue weighted by Gasteiger charge is 2.16. The van der Waals surface area contributed by atoms with Gasteiger partial charge in [-0.15, -0.1) is 0 Å². The number of aromatic amines is 1. The smallest absolute Gasteiger partial charge is 0.231 e. The first-order valence-corrected chi connectivity index (χ1v) is 7.79. The molecule has 0 saturated carbocycles. The van der Waals surface area contributed by atoms with Crippen molar-refractivity contribution in [2.75, 3.05) is 6.79 Å². The van der Waals surface area contributed by atoms with Gasteiger partial charge in [-0.25, -0.2) is 0 Å². The molecule has 1 aliphatic heterocycles. The lowest BCUT2D eigenvalue weighted by Gasteiger charge is -2.10. The molecule has 8 heteroatoms. The molecule has 2 aromatic heterocycles. The van der Waals surface area contributed by atoms with E-state index in [0.717, 1.165) is 34.1 Å². The molecule has 0 aliphatic carbocycles. The zero-order chi connectivity index (χ0) is 16.7. The lowest BCUT2D eigenvalue weighted by molar-refractivity contribution is 0.174. The Morgan fingerprint density at radius 3 is 2.88 bits per heavy atom. The van der Waals surface area contributed by atoms with Crippen LogP contribution in [0.3, 0.4) is 0 Å². The summed E-state index contributed by atoms with van der Waals surface area (Å²) < 4.78 is 15.0. The zero-order valence-corrected chi connectivity index (χ0v) is 14.0. The molecule has 0 bridgehead atoms. The van der Waals surface area contributed by atoms with Crippen LogP contribution in [0.4, 0.5) is 0 Å². The standard InChI is InChI=1S/C16H15N5O2S/c1-10-5-12(7-18-20-8-17-19-16(20)24)11(2)21(10)13-3-4-14-15(6-13)23-9-22-14/h3-8H,9H2,1-2H3,(H,19,24)/b18-7-. The Kier molecular flexibility index (Phi) is 3.46. The number of ether oxygens (including phenoxy) is 2. The van der Waals surface area contributed by atoms with Crippen molar-refractivity contribution in [3.63, 3.8) is 0 Å². The molecule has 0 radical (unpaired) electrons. The van der Waals surface area contributed by atoms with Crippen molar-refractivity contribution in [1.29, 1.82) is 0 Å². The van der Waals surface area contributed by atoms with Crippen LogP contribution < -0.4 is 9.47 Å². The number of fused-ring (bicyclic) bond motifs is 1. The number of aryl methyl sites for hydroxylation is 1. The van der Waals surface area contributed by atoms with E-state index in [2.05, 4.69) is 32.9 Å². The number of nitrogens with zero attached hydrogens (tertiary/aromatic N) is 4. The van der Waals surface area contributed by atoms with Gasteiger partial charge in [-0.2, -0.15) is 14.9 Å². The number of H-pyrrole nitrogens is 1. The van der Waals surface area contributed by atoms with Gasteiger partial charge in [0.15, 0.2) is 11.5 Å². The van der Waals surface area contributed by atoms with Crippen molar-refractivity contribution >= 4 is 18.4 Å². The largest absolute Gasteiger partial charge is 0.454 e. The SMILES string of the molecule is Cc1cc(/C=N\n2cn[nH]c2=S)c(C)n1-c1ccc2c(c1)OCO2. The highest BCUT2D eigenvalue weighted by Crippen LogP contribution is 2.34. The normalized spacial score (nSPS) is 13.1. The van der Waals surface area contributed by atoms with Gasteiger partial charge in [0.25, 0.3) is 0 Å². The third-order valence-corrected chi connectivity index (χ3v) is 4.22. The van der Waals surface area contributed by atoms with Crippen LogP contribution in [-0.4, -0.2) is 32.4 Å². The molecule has 3 heterocycles. The van der Waals surface area contributed by atoms with Gasteiger partial charge in [0.2, 0.25) is 11.6 Å². The first-order valence-electron chi connectivity index (χ1n) is 7.39. The average molecular weight is 341 g/mol. The summed E-state index contributed by atoms with van der Waals surface area (Å²) in [4.78, 5) is 0. The van der Waals surface area contributed by atoms with Crippen LogP contribution in [0.25, 0.3) is 5.69 Å². The van der Waals surface area contributed by atoms with E-state index in [1.807, 2.05) is 25.1 Å². The first kappa shape index (κ1) is 14.7. The van der Waals surface area contributed by atoms with E-state index in [4.69, 9.17) is 21.7 Å². The highest BCUT2D eigenvalue weighted by molar-refractivity contribution is 7.71. The second-order valence-electron chi connectivity index (χ2n) is 5.45. The van der Waals surface area contributed by atoms with Crippen LogP contribution in [-0.2, 0) is 0 Å². The third kappa shape index (κ3) is 2.41. The lowest BCUT2D eigenvalue weighted by atomic mass is 10.2. The Labute approximate surface area is 143 Å². The molecule has 122 valence electrons. The van der Waals surface area contributed by atoms with Crippen molar-refractivity contribution in [2.24, 2.45) is 5.10 Å². The van der Waals surface area contributed by atoms with Gasteiger partial charge in [0, 0.05) is 28.7 Å². The van der Waals surface area contributed by atoms with E-state index in [9.17, 15) is 0 Å². The van der Waals surface area contributed by atoms with Gasteiger partial charge in [0.05, 0.1) is 6.21 Å². The molecule has 0 fully saturated rings. The summed E-state index contributed by atoms with van der Waals surface area (Å²) in [6, 6.07) is 8.00. The molecule has 1 aromatic carbocycles. The Hall–Kier alpha value is -2.87. The molecule has 1 N–H and O–H groups in total. The van der Waals surface area contributed by atoms with Crippen LogP contribution in [0.15, 0.2) is 35.7 Å². The summed E-state index contributed by atoms with van der Waals surface area (Å²) in [7, 11) is 0. The predicted molar refractivity (Wildman–Crippen MR) is 91.8 cm³/mol. The summed E-state index contributed by atoms with van der Waals surface area (Å²) in [6.45, 7) is 4.37. The Balaban J connectivity index is 1.73. The number of benzene rings is 1. The van der Waals surface area contributed by atoms with Crippen LogP contribution in [0, 0.1) is 18.6 Å². The molecule has 0 saturated heterocycles. The van der Waals surface area contributed by atoms with Crippen LogP contribution >= 0.6 is 12.2 Å². The maximum absolute atomic E-state index is 5.47. The monoisotopic (exact) mass is 341 g/mol. The summed E-state index contributed by atoms with van der Waals surface area (Å²) in [5.41, 5.74) is 4.20. The Morgan fingerprint density at radius 1 is 1.25 bits per heavy atom. The summed E-state index contributed by atoms with van der Waals surface area (Å²) in [6.07, 6.45) is 3.31. The fraction of sp³-hybridized carbons (Fsp3) is 0.188. The second-order valence-corrected chi connectivity index (χ2v) is 5.84. The number of hydrogen-bond donors (Lipinski definition) is 1. The van der Waals surface area contributed by atoms with Crippen molar-refractivity contribution in [1.82, 2.24) is 19.4 Å². The summed E-state index contributed by atoms with van der Waals surface area (Å²) in [5, 5.41) is 10.9. The minimum Gasteiger partial charge on any atom is -0.454 e. The van der Waals surface area contributed by atoms with E-state index in [-0.39, 0.29) is 6.79 Å². The molecular weight excluding hydrogens is 326 g/mol. The number of nitrogens with one attached hydrogen (secondary N) is 1. The highest BCUT2D eigenvalue weighted by atomic mass is 32.1. The maximum Gasteiger partial charge on any atom is 0.231 e. The minimum absolute atomic E-state index is 0.270. The van der Waals surface area contributed by atoms with E-state index < -0.39 is 0 Å². The number of aromatic nitrogens is 4. The summed E-state index contributed by atoms with van der Waals surface area (Å²) >= 11 is 5.09. The molecule has 24 heavy (non-hydrogen) atoms. The fourth-order valence-electron chi connectivity index (χ4n) is 2.79. The van der Waals surface area contributed by atoms with Crippen molar-refractivity contribution < 1.29 is 9.47 Å². The predicted octanol–water partition coefficient (Wildman–Crippen LogP) is 2.96. The Bertz CT molecular complexity index is 998. The molecule has 0 unspecified atom stereocenters. The van der Waals surface area contributed by atoms with Gasteiger partial charge in [0.1, 0.15) is 6.33 Å². The van der Waals surface area contributed by atoms with Crippen LogP contribution in [0.2, 0.25) is 0 Å². The van der Waals surface area contributed by atoms with Crippen LogP contribution in [0.1, 0.15) is 17.0 Å². The average Bonchev–Trinajstić information content (AvgIpc) is 3.25. The minimum atomic E-state index is 0.270. The fourth-order valence-corrected chi connectivity index (χ4v) is 2.94. The van der Waals surface area contributed by atoms with Gasteiger partial charge in [-0.05, 0) is 44.3 Å². The number of hydrogen-bond acceptors (Lipinski definition) is 5. The van der Waals surface area contributed by atoms with Gasteiger partial charge in [-0.1, -0.05) is 0 Å². The second kappa shape index (κ2) is 5.64. The van der Waals surface area contributed by atoms with Crippen molar-refractivity contribution in [3.8, 4) is 17.2 Å². The lowest BCUT2D eigenvalue weighted by Crippen LogP contribution is -2.00. The quantitative estimate of drug-likeness (QED) is 0.587. The molecule has 4 rings (SSSR count). The molecular formula is C16H15N5O2S. The topological polar surface area (TPSA) is 69.4 Å². The van der Waals surface area contributed by atoms with Crippen molar-refractivity contribution in [3.05, 3.63) is 52.3 Å². The first-order chi connectivity index (χ1) is 11.6. The van der Waals surface area contributed by atoms with Crippen LogP contribution in [0.5, 0.6) is 11.5 Å².